The lowest BCUT2D eigenvalue weighted by atomic mass is 9.98. The number of carboxylic acid groups (broad SMARTS) is 2. The molecule has 4 aromatic rings. The maximum Gasteiger partial charge on any atom is 0.490 e. The van der Waals surface area contributed by atoms with Crippen molar-refractivity contribution in [2.24, 2.45) is 0 Å². The minimum Gasteiger partial charge on any atom is -0.475 e. The van der Waals surface area contributed by atoms with Crippen molar-refractivity contribution in [3.8, 4) is 0 Å². The van der Waals surface area contributed by atoms with Gasteiger partial charge in [0.1, 0.15) is 11.8 Å². The van der Waals surface area contributed by atoms with Gasteiger partial charge in [0.2, 0.25) is 10.0 Å². The second-order valence-corrected chi connectivity index (χ2v) is 12.3. The Bertz CT molecular complexity index is 1840. The number of benzene rings is 1. The molecule has 0 spiro atoms. The van der Waals surface area contributed by atoms with Gasteiger partial charge in [-0.25, -0.2) is 37.7 Å². The lowest BCUT2D eigenvalue weighted by Crippen LogP contribution is -2.44. The van der Waals surface area contributed by atoms with Crippen molar-refractivity contribution in [1.82, 2.24) is 29.6 Å². The minimum absolute atomic E-state index is 0.0774. The fraction of sp³-hybridized carbons (Fsp3) is 0.385. The average molecular weight is 729 g/mol. The average Bonchev–Trinajstić information content (AvgIpc) is 3.47. The number of pyridine rings is 1. The highest BCUT2D eigenvalue weighted by molar-refractivity contribution is 7.88. The van der Waals surface area contributed by atoms with E-state index in [1.165, 1.54) is 12.6 Å². The molecule has 1 saturated heterocycles. The highest BCUT2D eigenvalue weighted by Gasteiger charge is 2.39. The van der Waals surface area contributed by atoms with Crippen LogP contribution in [0.5, 0.6) is 0 Å². The van der Waals surface area contributed by atoms with Crippen LogP contribution in [-0.4, -0.2) is 93.2 Å². The molecule has 0 aliphatic carbocycles. The van der Waals surface area contributed by atoms with Crippen molar-refractivity contribution < 1.29 is 54.6 Å². The predicted octanol–water partition coefficient (Wildman–Crippen LogP) is 4.51. The Morgan fingerprint density at radius 1 is 1.04 bits per heavy atom. The molecule has 1 unspecified atom stereocenters. The molecule has 1 aromatic carbocycles. The summed E-state index contributed by atoms with van der Waals surface area (Å²) in [5.41, 5.74) is 4.12. The Kier molecular flexibility index (Phi) is 12.0. The summed E-state index contributed by atoms with van der Waals surface area (Å²) in [6.45, 7) is 3.43. The number of carboxylic acids is 2. The fourth-order valence-corrected chi connectivity index (χ4v) is 5.66. The second-order valence-electron chi connectivity index (χ2n) is 10.1. The number of piperidine rings is 1. The van der Waals surface area contributed by atoms with Crippen molar-refractivity contribution in [3.63, 3.8) is 0 Å². The first-order chi connectivity index (χ1) is 22.2. The quantitative estimate of drug-likeness (QED) is 0.174. The number of nitrogens with one attached hydrogen (secondary N) is 3. The first kappa shape index (κ1) is 38.0. The lowest BCUT2D eigenvalue weighted by Gasteiger charge is -2.36. The maximum absolute atomic E-state index is 11.7. The summed E-state index contributed by atoms with van der Waals surface area (Å²) in [5, 5.41) is 19.2. The molecule has 1 fully saturated rings. The molecule has 14 nitrogen and oxygen atoms in total. The summed E-state index contributed by atoms with van der Waals surface area (Å²) < 4.78 is 89.6. The topological polar surface area (TPSA) is 203 Å². The van der Waals surface area contributed by atoms with Gasteiger partial charge in [-0.2, -0.15) is 26.3 Å². The monoisotopic (exact) mass is 728 g/mol. The van der Waals surface area contributed by atoms with E-state index in [4.69, 9.17) is 31.4 Å². The van der Waals surface area contributed by atoms with Gasteiger partial charge < -0.3 is 25.4 Å². The number of H-pyrrole nitrogens is 1. The number of halogens is 7. The number of alkyl halides is 6. The summed E-state index contributed by atoms with van der Waals surface area (Å²) in [6, 6.07) is 5.58. The van der Waals surface area contributed by atoms with E-state index >= 15 is 0 Å². The van der Waals surface area contributed by atoms with Gasteiger partial charge in [-0.15, -0.1) is 0 Å². The number of anilines is 2. The van der Waals surface area contributed by atoms with Crippen molar-refractivity contribution in [2.75, 3.05) is 29.6 Å². The molecule has 4 heterocycles. The third-order valence-corrected chi connectivity index (χ3v) is 7.64. The molecule has 1 aliphatic heterocycles. The van der Waals surface area contributed by atoms with Crippen LogP contribution in [0.15, 0.2) is 37.1 Å². The van der Waals surface area contributed by atoms with Crippen LogP contribution in [0, 0.1) is 0 Å². The summed E-state index contributed by atoms with van der Waals surface area (Å²) >= 11 is 6.69. The zero-order chi connectivity index (χ0) is 36.0. The predicted molar refractivity (Wildman–Crippen MR) is 161 cm³/mol. The number of rotatable bonds is 6. The number of fused-ring (bicyclic) bond motifs is 2. The summed E-state index contributed by atoms with van der Waals surface area (Å²) in [4.78, 5) is 40.6. The molecule has 22 heteroatoms. The number of sulfonamides is 1. The van der Waals surface area contributed by atoms with E-state index in [0.29, 0.717) is 42.4 Å². The molecule has 0 bridgehead atoms. The van der Waals surface area contributed by atoms with Gasteiger partial charge in [-0.3, -0.25) is 4.98 Å². The van der Waals surface area contributed by atoms with Crippen LogP contribution in [0.1, 0.15) is 31.4 Å². The third-order valence-electron chi connectivity index (χ3n) is 6.56. The minimum atomic E-state index is -5.08. The molecular weight excluding hydrogens is 702 g/mol. The van der Waals surface area contributed by atoms with E-state index in [9.17, 15) is 34.8 Å². The third kappa shape index (κ3) is 10.2. The first-order valence-corrected chi connectivity index (χ1v) is 15.8. The molecule has 3 aromatic heterocycles. The second kappa shape index (κ2) is 15.2. The Hall–Kier alpha value is -4.50. The van der Waals surface area contributed by atoms with Crippen LogP contribution in [-0.2, 0) is 19.6 Å². The molecule has 48 heavy (non-hydrogen) atoms. The van der Waals surface area contributed by atoms with E-state index in [1.807, 2.05) is 25.1 Å². The molecule has 5 rings (SSSR count). The zero-order valence-corrected chi connectivity index (χ0v) is 26.3. The van der Waals surface area contributed by atoms with Crippen molar-refractivity contribution >= 4 is 67.1 Å². The van der Waals surface area contributed by atoms with Crippen LogP contribution < -0.4 is 14.9 Å². The van der Waals surface area contributed by atoms with Crippen LogP contribution in [0.4, 0.5) is 37.8 Å². The number of carbonyl (C=O) groups is 2. The summed E-state index contributed by atoms with van der Waals surface area (Å²) in [6.07, 6.45) is -2.73. The molecule has 5 N–H and O–H groups in total. The molecule has 0 saturated carbocycles. The van der Waals surface area contributed by atoms with Crippen LogP contribution in [0.3, 0.4) is 0 Å². The number of aromatic nitrogens is 5. The SMILES string of the molecule is CC(Nc1ncnc2nc[nH]c12)c1cc(Cl)c2cccnc2c1N1CCC(NS(C)(=O)=O)CC1.O=C(O)C(F)(F)F.O=C(O)C(F)(F)F. The molecule has 0 amide bonds. The Morgan fingerprint density at radius 2 is 1.62 bits per heavy atom. The van der Waals surface area contributed by atoms with Crippen molar-refractivity contribution in [3.05, 3.63) is 47.6 Å². The Morgan fingerprint density at radius 3 is 2.17 bits per heavy atom. The van der Waals surface area contributed by atoms with Gasteiger partial charge in [0, 0.05) is 36.3 Å². The largest absolute Gasteiger partial charge is 0.490 e. The van der Waals surface area contributed by atoms with Gasteiger partial charge in [0.25, 0.3) is 0 Å². The molecule has 262 valence electrons. The highest BCUT2D eigenvalue weighted by Crippen LogP contribution is 2.40. The normalized spacial score (nSPS) is 14.8. The van der Waals surface area contributed by atoms with Crippen LogP contribution in [0.25, 0.3) is 22.1 Å². The standard InChI is InChI=1S/C22H25ClN8O2S.2C2HF3O2/c1-13(29-22-19-21(26-11-25-19)27-12-28-22)16-10-17(23)15-4-3-7-24-18(15)20(16)31-8-5-14(6-9-31)30-34(2,32)33;2*3-2(4,5)1(6)7/h3-4,7,10-14,30H,5-6,8-9H2,1-2H3,(H2,25,26,27,28,29);2*(H,6,7). The smallest absolute Gasteiger partial charge is 0.475 e. The van der Waals surface area contributed by atoms with E-state index in [-0.39, 0.29) is 12.1 Å². The van der Waals surface area contributed by atoms with Crippen molar-refractivity contribution in [2.45, 2.75) is 44.2 Å². The van der Waals surface area contributed by atoms with E-state index < -0.39 is 34.3 Å². The fourth-order valence-electron chi connectivity index (χ4n) is 4.55. The van der Waals surface area contributed by atoms with E-state index in [0.717, 1.165) is 27.7 Å². The van der Waals surface area contributed by atoms with Crippen LogP contribution >= 0.6 is 11.6 Å². The molecular formula is C26H27ClF6N8O6S. The summed E-state index contributed by atoms with van der Waals surface area (Å²) in [5.74, 6) is -4.87. The Balaban J connectivity index is 0.000000376. The van der Waals surface area contributed by atoms with Crippen LogP contribution in [0.2, 0.25) is 5.02 Å². The van der Waals surface area contributed by atoms with Gasteiger partial charge in [0.05, 0.1) is 34.9 Å². The van der Waals surface area contributed by atoms with E-state index in [1.54, 1.807) is 12.5 Å². The molecule has 1 aliphatic rings. The first-order valence-electron chi connectivity index (χ1n) is 13.5. The van der Waals surface area contributed by atoms with Crippen molar-refractivity contribution in [1.29, 1.82) is 0 Å². The molecule has 1 atom stereocenters. The lowest BCUT2D eigenvalue weighted by molar-refractivity contribution is -0.193. The van der Waals surface area contributed by atoms with Gasteiger partial charge in [-0.1, -0.05) is 11.6 Å². The number of aromatic amines is 1. The number of imidazole rings is 1. The number of nitrogens with zero attached hydrogens (tertiary/aromatic N) is 5. The number of hydrogen-bond acceptors (Lipinski definition) is 10. The van der Waals surface area contributed by atoms with Gasteiger partial charge in [-0.05, 0) is 38.0 Å². The maximum atomic E-state index is 11.7. The summed E-state index contributed by atoms with van der Waals surface area (Å²) in [7, 11) is -3.24. The zero-order valence-electron chi connectivity index (χ0n) is 24.8. The molecule has 0 radical (unpaired) electrons. The van der Waals surface area contributed by atoms with E-state index in [2.05, 4.69) is 39.9 Å². The van der Waals surface area contributed by atoms with Gasteiger partial charge in [0.15, 0.2) is 11.5 Å². The van der Waals surface area contributed by atoms with Gasteiger partial charge >= 0.3 is 24.3 Å². The number of hydrogen-bond donors (Lipinski definition) is 5. The Labute approximate surface area is 272 Å². The number of aliphatic carboxylic acids is 2. The highest BCUT2D eigenvalue weighted by atomic mass is 35.5.